The zero-order valence-corrected chi connectivity index (χ0v) is 9.52. The van der Waals surface area contributed by atoms with Crippen LogP contribution in [0.4, 0.5) is 5.95 Å². The Labute approximate surface area is 96.8 Å². The van der Waals surface area contributed by atoms with E-state index in [2.05, 4.69) is 20.3 Å². The fourth-order valence-corrected chi connectivity index (χ4v) is 1.17. The summed E-state index contributed by atoms with van der Waals surface area (Å²) in [6, 6.07) is -0.245. The van der Waals surface area contributed by atoms with E-state index < -0.39 is 5.97 Å². The number of carboxylic acids is 1. The van der Waals surface area contributed by atoms with Crippen LogP contribution in [0.2, 0.25) is 5.28 Å². The summed E-state index contributed by atoms with van der Waals surface area (Å²) in [4.78, 5) is 21.8. The van der Waals surface area contributed by atoms with Gasteiger partial charge in [-0.15, -0.1) is 0 Å². The molecule has 8 heteroatoms. The maximum atomic E-state index is 10.4. The van der Waals surface area contributed by atoms with Crippen molar-refractivity contribution in [2.45, 2.75) is 19.4 Å². The van der Waals surface area contributed by atoms with Crippen molar-refractivity contribution in [2.24, 2.45) is 0 Å². The predicted molar refractivity (Wildman–Crippen MR) is 56.7 cm³/mol. The molecular weight excluding hydrogens is 236 g/mol. The zero-order valence-electron chi connectivity index (χ0n) is 8.77. The molecule has 0 aromatic carbocycles. The monoisotopic (exact) mass is 246 g/mol. The van der Waals surface area contributed by atoms with E-state index in [1.54, 1.807) is 6.92 Å². The highest BCUT2D eigenvalue weighted by molar-refractivity contribution is 6.28. The Balaban J connectivity index is 2.72. The minimum atomic E-state index is -0.910. The van der Waals surface area contributed by atoms with E-state index in [0.29, 0.717) is 0 Å². The number of carboxylic acid groups (broad SMARTS) is 1. The quantitative estimate of drug-likeness (QED) is 0.793. The molecule has 16 heavy (non-hydrogen) atoms. The zero-order chi connectivity index (χ0) is 12.1. The topological polar surface area (TPSA) is 97.2 Å². The van der Waals surface area contributed by atoms with Gasteiger partial charge in [0.1, 0.15) is 0 Å². The van der Waals surface area contributed by atoms with E-state index in [-0.39, 0.29) is 29.7 Å². The second-order valence-corrected chi connectivity index (χ2v) is 3.40. The summed E-state index contributed by atoms with van der Waals surface area (Å²) in [5, 5.41) is 11.3. The number of aromatic nitrogens is 3. The minimum absolute atomic E-state index is 0.0168. The number of methoxy groups -OCH3 is 1. The molecule has 2 N–H and O–H groups in total. The molecule has 1 rings (SSSR count). The Hall–Kier alpha value is -1.63. The lowest BCUT2D eigenvalue weighted by Crippen LogP contribution is -2.21. The molecule has 88 valence electrons. The molecule has 7 nitrogen and oxygen atoms in total. The highest BCUT2D eigenvalue weighted by Crippen LogP contribution is 2.12. The summed E-state index contributed by atoms with van der Waals surface area (Å²) in [5.74, 6) is -0.724. The number of halogens is 1. The number of aliphatic carboxylic acids is 1. The third-order valence-electron chi connectivity index (χ3n) is 1.63. The molecule has 0 radical (unpaired) electrons. The number of hydrogen-bond acceptors (Lipinski definition) is 6. The second kappa shape index (κ2) is 5.45. The summed E-state index contributed by atoms with van der Waals surface area (Å²) in [7, 11) is 1.40. The van der Waals surface area contributed by atoms with Crippen LogP contribution in [0.25, 0.3) is 0 Å². The van der Waals surface area contributed by atoms with Crippen molar-refractivity contribution in [3.63, 3.8) is 0 Å². The van der Waals surface area contributed by atoms with Crippen molar-refractivity contribution in [3.05, 3.63) is 5.28 Å². The molecule has 0 aliphatic carbocycles. The lowest BCUT2D eigenvalue weighted by Gasteiger charge is -2.11. The first-order valence-corrected chi connectivity index (χ1v) is 4.83. The first-order valence-electron chi connectivity index (χ1n) is 4.45. The van der Waals surface area contributed by atoms with Gasteiger partial charge in [0.2, 0.25) is 11.2 Å². The summed E-state index contributed by atoms with van der Waals surface area (Å²) < 4.78 is 4.80. The maximum Gasteiger partial charge on any atom is 0.322 e. The van der Waals surface area contributed by atoms with E-state index in [1.165, 1.54) is 7.11 Å². The Morgan fingerprint density at radius 2 is 2.25 bits per heavy atom. The summed E-state index contributed by atoms with van der Waals surface area (Å²) in [6.45, 7) is 1.69. The van der Waals surface area contributed by atoms with E-state index in [0.717, 1.165) is 0 Å². The van der Waals surface area contributed by atoms with Gasteiger partial charge in [-0.3, -0.25) is 4.79 Å². The van der Waals surface area contributed by atoms with Crippen molar-refractivity contribution in [2.75, 3.05) is 12.4 Å². The average molecular weight is 247 g/mol. The van der Waals surface area contributed by atoms with Gasteiger partial charge in [-0.2, -0.15) is 15.0 Å². The van der Waals surface area contributed by atoms with Gasteiger partial charge >= 0.3 is 12.0 Å². The van der Waals surface area contributed by atoms with E-state index in [1.807, 2.05) is 0 Å². The smallest absolute Gasteiger partial charge is 0.322 e. The Bertz CT molecular complexity index is 388. The van der Waals surface area contributed by atoms with Gasteiger partial charge in [-0.1, -0.05) is 0 Å². The van der Waals surface area contributed by atoms with Crippen molar-refractivity contribution in [1.82, 2.24) is 15.0 Å². The standard InChI is InChI=1S/C8H11ClN4O3/c1-4(3-5(14)15)10-7-11-6(9)12-8(13-7)16-2/h4H,3H2,1-2H3,(H,14,15)(H,10,11,12,13). The molecule has 0 aliphatic rings. The molecule has 1 heterocycles. The number of rotatable bonds is 5. The van der Waals surface area contributed by atoms with Gasteiger partial charge in [0, 0.05) is 6.04 Å². The molecule has 0 spiro atoms. The molecule has 1 atom stereocenters. The number of ether oxygens (including phenoxy) is 1. The highest BCUT2D eigenvalue weighted by atomic mass is 35.5. The van der Waals surface area contributed by atoms with Crippen LogP contribution in [-0.2, 0) is 4.79 Å². The first-order chi connectivity index (χ1) is 7.51. The van der Waals surface area contributed by atoms with Crippen LogP contribution in [0.5, 0.6) is 6.01 Å². The van der Waals surface area contributed by atoms with Gasteiger partial charge in [0.25, 0.3) is 0 Å². The molecule has 1 aromatic heterocycles. The summed E-state index contributed by atoms with van der Waals surface area (Å²) in [5.41, 5.74) is 0. The van der Waals surface area contributed by atoms with Crippen LogP contribution in [-0.4, -0.2) is 39.2 Å². The van der Waals surface area contributed by atoms with Crippen molar-refractivity contribution < 1.29 is 14.6 Å². The molecule has 0 aliphatic heterocycles. The van der Waals surface area contributed by atoms with Gasteiger partial charge in [0.05, 0.1) is 13.5 Å². The van der Waals surface area contributed by atoms with E-state index in [9.17, 15) is 4.79 Å². The molecular formula is C8H11ClN4O3. The number of nitrogens with one attached hydrogen (secondary N) is 1. The first kappa shape index (κ1) is 12.4. The molecule has 0 amide bonds. The molecule has 1 aromatic rings. The fraction of sp³-hybridized carbons (Fsp3) is 0.500. The fourth-order valence-electron chi connectivity index (χ4n) is 1.02. The van der Waals surface area contributed by atoms with Crippen LogP contribution in [0.15, 0.2) is 0 Å². The Kier molecular flexibility index (Phi) is 4.24. The van der Waals surface area contributed by atoms with Crippen LogP contribution in [0.1, 0.15) is 13.3 Å². The Morgan fingerprint density at radius 3 is 2.81 bits per heavy atom. The van der Waals surface area contributed by atoms with Crippen LogP contribution in [0.3, 0.4) is 0 Å². The third kappa shape index (κ3) is 3.85. The lowest BCUT2D eigenvalue weighted by molar-refractivity contribution is -0.137. The van der Waals surface area contributed by atoms with Crippen molar-refractivity contribution >= 4 is 23.5 Å². The van der Waals surface area contributed by atoms with Crippen molar-refractivity contribution in [1.29, 1.82) is 0 Å². The van der Waals surface area contributed by atoms with Gasteiger partial charge in [-0.25, -0.2) is 0 Å². The molecule has 0 saturated carbocycles. The maximum absolute atomic E-state index is 10.4. The SMILES string of the molecule is COc1nc(Cl)nc(NC(C)CC(=O)O)n1. The molecule has 0 bridgehead atoms. The number of anilines is 1. The highest BCUT2D eigenvalue weighted by Gasteiger charge is 2.11. The van der Waals surface area contributed by atoms with Gasteiger partial charge < -0.3 is 15.2 Å². The van der Waals surface area contributed by atoms with Crippen LogP contribution < -0.4 is 10.1 Å². The summed E-state index contributed by atoms with van der Waals surface area (Å²) >= 11 is 5.62. The molecule has 0 fully saturated rings. The largest absolute Gasteiger partial charge is 0.481 e. The third-order valence-corrected chi connectivity index (χ3v) is 1.80. The lowest BCUT2D eigenvalue weighted by atomic mass is 10.2. The average Bonchev–Trinajstić information content (AvgIpc) is 2.14. The number of nitrogens with zero attached hydrogens (tertiary/aromatic N) is 3. The van der Waals surface area contributed by atoms with Crippen LogP contribution >= 0.6 is 11.6 Å². The summed E-state index contributed by atoms with van der Waals surface area (Å²) in [6.07, 6.45) is -0.0500. The molecule has 1 unspecified atom stereocenters. The van der Waals surface area contributed by atoms with E-state index in [4.69, 9.17) is 21.4 Å². The van der Waals surface area contributed by atoms with Gasteiger partial charge in [-0.05, 0) is 18.5 Å². The van der Waals surface area contributed by atoms with Crippen LogP contribution in [0, 0.1) is 0 Å². The predicted octanol–water partition coefficient (Wildman–Crippen LogP) is 0.809. The van der Waals surface area contributed by atoms with E-state index >= 15 is 0 Å². The number of carbonyl (C=O) groups is 1. The van der Waals surface area contributed by atoms with Crippen molar-refractivity contribution in [3.8, 4) is 6.01 Å². The van der Waals surface area contributed by atoms with Gasteiger partial charge in [0.15, 0.2) is 0 Å². The second-order valence-electron chi connectivity index (χ2n) is 3.06. The minimum Gasteiger partial charge on any atom is -0.481 e. The number of hydrogen-bond donors (Lipinski definition) is 2. The normalized spacial score (nSPS) is 11.9. The Morgan fingerprint density at radius 1 is 1.56 bits per heavy atom. The molecule has 0 saturated heterocycles.